The molecule has 1 N–H and O–H groups in total. The minimum Gasteiger partial charge on any atom is -0.478 e. The van der Waals surface area contributed by atoms with Crippen LogP contribution < -0.4 is 9.46 Å². The van der Waals surface area contributed by atoms with Gasteiger partial charge in [-0.2, -0.15) is 0 Å². The van der Waals surface area contributed by atoms with Gasteiger partial charge in [-0.15, -0.1) is 0 Å². The Bertz CT molecular complexity index is 795. The summed E-state index contributed by atoms with van der Waals surface area (Å²) in [6.45, 7) is 1.75. The smallest absolute Gasteiger partial charge is 0.209 e. The molecule has 3 heterocycles. The Labute approximate surface area is 169 Å². The Kier molecular flexibility index (Phi) is 5.75. The standard InChI is InChI=1S/C20H29BN2O4S/c1-28(24,25)22-17-6-4-12-23-14-27-19-7-3-2-5-16(19)20(21)10-8-15(9-11-20)26-13-18(17)23/h2-3,5,7,15,17-18,22H,4,6,8-14H2,1H3/t15?,17-,18-,20?/m0/s1. The maximum atomic E-state index is 11.9. The number of hydrogen-bond donors (Lipinski definition) is 1. The van der Waals surface area contributed by atoms with E-state index in [4.69, 9.17) is 17.3 Å². The summed E-state index contributed by atoms with van der Waals surface area (Å²) in [7, 11) is 3.50. The van der Waals surface area contributed by atoms with Gasteiger partial charge in [-0.1, -0.05) is 18.2 Å². The van der Waals surface area contributed by atoms with Crippen LogP contribution in [0.3, 0.4) is 0 Å². The average molecular weight is 404 g/mol. The summed E-state index contributed by atoms with van der Waals surface area (Å²) >= 11 is 0. The second-order valence-corrected chi connectivity index (χ2v) is 10.3. The van der Waals surface area contributed by atoms with Crippen LogP contribution in [0.4, 0.5) is 0 Å². The fourth-order valence-corrected chi connectivity index (χ4v) is 5.68. The van der Waals surface area contributed by atoms with Crippen molar-refractivity contribution < 1.29 is 17.9 Å². The van der Waals surface area contributed by atoms with Crippen molar-refractivity contribution >= 4 is 17.9 Å². The molecule has 152 valence electrons. The van der Waals surface area contributed by atoms with Gasteiger partial charge in [0.2, 0.25) is 10.0 Å². The van der Waals surface area contributed by atoms with Crippen molar-refractivity contribution in [1.29, 1.82) is 0 Å². The lowest BCUT2D eigenvalue weighted by molar-refractivity contribution is -0.0494. The highest BCUT2D eigenvalue weighted by Gasteiger charge is 2.38. The van der Waals surface area contributed by atoms with Crippen molar-refractivity contribution in [3.63, 3.8) is 0 Å². The molecule has 4 aliphatic rings. The molecule has 1 aromatic carbocycles. The molecule has 2 bridgehead atoms. The van der Waals surface area contributed by atoms with E-state index in [0.717, 1.165) is 56.4 Å². The SMILES string of the molecule is [B]C12CCC(CC1)OC[C@H]1[C@@H](NS(C)(=O)=O)CCCN1COc1ccccc12. The Hall–Kier alpha value is -1.09. The van der Waals surface area contributed by atoms with Gasteiger partial charge in [-0.05, 0) is 55.5 Å². The summed E-state index contributed by atoms with van der Waals surface area (Å²) in [5.41, 5.74) is 1.06. The van der Waals surface area contributed by atoms with E-state index in [0.29, 0.717) is 13.3 Å². The van der Waals surface area contributed by atoms with Crippen LogP contribution in [0.2, 0.25) is 0 Å². The second kappa shape index (κ2) is 7.97. The third kappa shape index (κ3) is 4.40. The molecule has 1 aromatic rings. The molecule has 2 radical (unpaired) electrons. The quantitative estimate of drug-likeness (QED) is 0.761. The second-order valence-electron chi connectivity index (χ2n) is 8.48. The molecule has 5 rings (SSSR count). The lowest BCUT2D eigenvalue weighted by Gasteiger charge is -2.44. The number of piperidine rings is 1. The molecule has 1 aliphatic carbocycles. The summed E-state index contributed by atoms with van der Waals surface area (Å²) in [6.07, 6.45) is 6.64. The van der Waals surface area contributed by atoms with Crippen molar-refractivity contribution in [3.05, 3.63) is 29.8 Å². The Balaban J connectivity index is 1.63. The van der Waals surface area contributed by atoms with Crippen LogP contribution in [0, 0.1) is 0 Å². The number of nitrogens with one attached hydrogen (secondary N) is 1. The minimum absolute atomic E-state index is 0.0420. The summed E-state index contributed by atoms with van der Waals surface area (Å²) in [5, 5.41) is -0.378. The van der Waals surface area contributed by atoms with E-state index >= 15 is 0 Å². The highest BCUT2D eigenvalue weighted by molar-refractivity contribution is 7.88. The van der Waals surface area contributed by atoms with E-state index in [2.05, 4.69) is 15.7 Å². The highest BCUT2D eigenvalue weighted by atomic mass is 32.2. The van der Waals surface area contributed by atoms with Crippen LogP contribution in [0.1, 0.15) is 44.1 Å². The Morgan fingerprint density at radius 1 is 1.21 bits per heavy atom. The molecule has 2 atom stereocenters. The van der Waals surface area contributed by atoms with Gasteiger partial charge in [0.25, 0.3) is 0 Å². The van der Waals surface area contributed by atoms with Gasteiger partial charge in [0.15, 0.2) is 0 Å². The van der Waals surface area contributed by atoms with E-state index in [1.54, 1.807) is 0 Å². The normalized spacial score (nSPS) is 34.4. The van der Waals surface area contributed by atoms with E-state index in [1.807, 2.05) is 18.2 Å². The number of sulfonamides is 1. The molecule has 1 saturated carbocycles. The summed E-state index contributed by atoms with van der Waals surface area (Å²) < 4.78 is 39.0. The third-order valence-electron chi connectivity index (χ3n) is 6.40. The molecule has 3 aliphatic heterocycles. The van der Waals surface area contributed by atoms with Gasteiger partial charge in [0, 0.05) is 12.6 Å². The highest BCUT2D eigenvalue weighted by Crippen LogP contribution is 2.42. The first-order valence-electron chi connectivity index (χ1n) is 10.2. The molecule has 1 saturated heterocycles. The molecule has 2 fully saturated rings. The molecule has 6 nitrogen and oxygen atoms in total. The average Bonchev–Trinajstić information content (AvgIpc) is 2.65. The van der Waals surface area contributed by atoms with E-state index in [9.17, 15) is 8.42 Å². The van der Waals surface area contributed by atoms with E-state index in [-0.39, 0.29) is 23.5 Å². The molecular weight excluding hydrogens is 375 g/mol. The Morgan fingerprint density at radius 3 is 2.71 bits per heavy atom. The molecule has 8 heteroatoms. The number of rotatable bonds is 2. The molecular formula is C20H29BN2O4S. The van der Waals surface area contributed by atoms with Crippen LogP contribution in [0.15, 0.2) is 24.3 Å². The lowest BCUT2D eigenvalue weighted by atomic mass is 9.56. The maximum Gasteiger partial charge on any atom is 0.209 e. The van der Waals surface area contributed by atoms with Gasteiger partial charge in [0.1, 0.15) is 12.5 Å². The van der Waals surface area contributed by atoms with Crippen LogP contribution >= 0.6 is 0 Å². The van der Waals surface area contributed by atoms with Crippen LogP contribution in [0.5, 0.6) is 5.75 Å². The minimum atomic E-state index is -3.28. The van der Waals surface area contributed by atoms with Crippen molar-refractivity contribution in [2.75, 3.05) is 26.1 Å². The lowest BCUT2D eigenvalue weighted by Crippen LogP contribution is -2.58. The van der Waals surface area contributed by atoms with E-state index in [1.165, 1.54) is 6.26 Å². The van der Waals surface area contributed by atoms with Gasteiger partial charge >= 0.3 is 0 Å². The number of ether oxygens (including phenoxy) is 2. The zero-order valence-corrected chi connectivity index (χ0v) is 17.3. The summed E-state index contributed by atoms with van der Waals surface area (Å²) in [6, 6.07) is 7.85. The molecule has 0 spiro atoms. The van der Waals surface area contributed by atoms with Gasteiger partial charge in [-0.25, -0.2) is 13.1 Å². The molecule has 0 aromatic heterocycles. The predicted molar refractivity (Wildman–Crippen MR) is 109 cm³/mol. The number of fused-ring (bicyclic) bond motifs is 4. The first-order chi connectivity index (χ1) is 13.3. The zero-order chi connectivity index (χ0) is 19.8. The largest absolute Gasteiger partial charge is 0.478 e. The Morgan fingerprint density at radius 2 is 1.96 bits per heavy atom. The first-order valence-corrected chi connectivity index (χ1v) is 12.1. The van der Waals surface area contributed by atoms with Crippen molar-refractivity contribution in [2.24, 2.45) is 0 Å². The number of benzene rings is 1. The van der Waals surface area contributed by atoms with Crippen molar-refractivity contribution in [2.45, 2.75) is 62.0 Å². The monoisotopic (exact) mass is 404 g/mol. The summed E-state index contributed by atoms with van der Waals surface area (Å²) in [5.74, 6) is 0.835. The van der Waals surface area contributed by atoms with Gasteiger partial charge < -0.3 is 9.47 Å². The summed E-state index contributed by atoms with van der Waals surface area (Å²) in [4.78, 5) is 2.20. The van der Waals surface area contributed by atoms with Crippen LogP contribution in [-0.2, 0) is 20.1 Å². The number of hydrogen-bond acceptors (Lipinski definition) is 5. The number of para-hydroxylation sites is 1. The fourth-order valence-electron chi connectivity index (χ4n) is 4.85. The predicted octanol–water partition coefficient (Wildman–Crippen LogP) is 1.74. The third-order valence-corrected chi connectivity index (χ3v) is 7.13. The van der Waals surface area contributed by atoms with Crippen molar-refractivity contribution in [3.8, 4) is 5.75 Å². The first kappa shape index (κ1) is 20.2. The molecule has 28 heavy (non-hydrogen) atoms. The maximum absolute atomic E-state index is 11.9. The molecule has 0 unspecified atom stereocenters. The van der Waals surface area contributed by atoms with Crippen LogP contribution in [0.25, 0.3) is 0 Å². The van der Waals surface area contributed by atoms with Crippen molar-refractivity contribution in [1.82, 2.24) is 9.62 Å². The zero-order valence-electron chi connectivity index (χ0n) is 16.5. The molecule has 0 amide bonds. The van der Waals surface area contributed by atoms with Crippen LogP contribution in [-0.4, -0.2) is 65.5 Å². The van der Waals surface area contributed by atoms with Gasteiger partial charge in [0.05, 0.1) is 32.9 Å². The topological polar surface area (TPSA) is 67.9 Å². The van der Waals surface area contributed by atoms with Gasteiger partial charge in [-0.3, -0.25) is 4.90 Å². The fraction of sp³-hybridized carbons (Fsp3) is 0.700. The number of nitrogens with zero attached hydrogens (tertiary/aromatic N) is 1. The van der Waals surface area contributed by atoms with E-state index < -0.39 is 10.0 Å².